The maximum Gasteiger partial charge on any atom is 0.280 e. The Balaban J connectivity index is 1.70. The van der Waals surface area contributed by atoms with Gasteiger partial charge in [-0.3, -0.25) is 14.7 Å². The minimum Gasteiger partial charge on any atom is -0.293 e. The molecule has 2 aromatic heterocycles. The molecule has 0 unspecified atom stereocenters. The van der Waals surface area contributed by atoms with Crippen molar-refractivity contribution in [2.24, 2.45) is 0 Å². The van der Waals surface area contributed by atoms with E-state index in [1.165, 1.54) is 4.68 Å². The summed E-state index contributed by atoms with van der Waals surface area (Å²) in [7, 11) is -0.513. The lowest BCUT2D eigenvalue weighted by atomic mass is 10.1. The fourth-order valence-corrected chi connectivity index (χ4v) is 4.26. The van der Waals surface area contributed by atoms with Crippen LogP contribution in [0.15, 0.2) is 52.3 Å². The number of nitriles is 1. The number of aryl methyl sites for hydroxylation is 1. The van der Waals surface area contributed by atoms with Crippen LogP contribution < -0.4 is 5.56 Å². The van der Waals surface area contributed by atoms with Crippen LogP contribution in [0.25, 0.3) is 16.9 Å². The zero-order valence-electron chi connectivity index (χ0n) is 14.2. The van der Waals surface area contributed by atoms with Crippen molar-refractivity contribution in [1.82, 2.24) is 14.8 Å². The molecule has 0 amide bonds. The molecule has 6 nitrogen and oxygen atoms in total. The van der Waals surface area contributed by atoms with Crippen LogP contribution in [-0.2, 0) is 10.7 Å². The van der Waals surface area contributed by atoms with E-state index in [-0.39, 0.29) is 5.56 Å². The van der Waals surface area contributed by atoms with E-state index in [0.717, 1.165) is 29.0 Å². The second-order valence-corrected chi connectivity index (χ2v) is 8.14. The van der Waals surface area contributed by atoms with Crippen molar-refractivity contribution < 1.29 is 0 Å². The first-order chi connectivity index (χ1) is 12.6. The molecule has 0 aliphatic heterocycles. The molecule has 26 heavy (non-hydrogen) atoms. The predicted molar refractivity (Wildman–Crippen MR) is 100 cm³/mol. The summed E-state index contributed by atoms with van der Waals surface area (Å²) in [4.78, 5) is 18.2. The fraction of sp³-hybridized carbons (Fsp3) is 0.211. The summed E-state index contributed by atoms with van der Waals surface area (Å²) in [6.07, 6.45) is 3.95. The molecule has 0 spiro atoms. The summed E-state index contributed by atoms with van der Waals surface area (Å²) < 4.78 is 9.64. The molecular formula is C19H17N5OS. The number of aromatic nitrogens is 3. The third-order valence-corrected chi connectivity index (χ3v) is 6.32. The number of H-pyrrole nitrogens is 1. The van der Waals surface area contributed by atoms with Gasteiger partial charge < -0.3 is 0 Å². The first-order valence-electron chi connectivity index (χ1n) is 8.31. The van der Waals surface area contributed by atoms with Gasteiger partial charge in [-0.25, -0.2) is 9.67 Å². The van der Waals surface area contributed by atoms with Gasteiger partial charge in [0, 0.05) is 22.0 Å². The highest BCUT2D eigenvalue weighted by Gasteiger charge is 2.26. The van der Waals surface area contributed by atoms with Crippen molar-refractivity contribution in [1.29, 1.82) is 10.0 Å². The Bertz CT molecular complexity index is 1080. The smallest absolute Gasteiger partial charge is 0.280 e. The molecule has 1 fully saturated rings. The maximum atomic E-state index is 12.9. The van der Waals surface area contributed by atoms with E-state index in [2.05, 4.69) is 16.2 Å². The summed E-state index contributed by atoms with van der Waals surface area (Å²) in [6.45, 7) is 1.84. The second kappa shape index (κ2) is 6.39. The quantitative estimate of drug-likeness (QED) is 0.744. The van der Waals surface area contributed by atoms with E-state index >= 15 is 0 Å². The summed E-state index contributed by atoms with van der Waals surface area (Å²) in [5.74, 6) is 0.509. The van der Waals surface area contributed by atoms with E-state index in [4.69, 9.17) is 10.0 Å². The van der Waals surface area contributed by atoms with E-state index < -0.39 is 10.7 Å². The third kappa shape index (κ3) is 2.89. The Labute approximate surface area is 153 Å². The van der Waals surface area contributed by atoms with Crippen LogP contribution in [-0.4, -0.2) is 20.0 Å². The van der Waals surface area contributed by atoms with Gasteiger partial charge in [-0.2, -0.15) is 5.26 Å². The summed E-state index contributed by atoms with van der Waals surface area (Å²) in [5.41, 5.74) is 2.45. The van der Waals surface area contributed by atoms with Crippen LogP contribution in [0.5, 0.6) is 0 Å². The number of nitrogens with one attached hydrogen (secondary N) is 2. The molecule has 3 aromatic rings. The van der Waals surface area contributed by atoms with Crippen LogP contribution in [0.2, 0.25) is 0 Å². The Hall–Kier alpha value is -2.98. The van der Waals surface area contributed by atoms with Crippen molar-refractivity contribution in [3.8, 4) is 23.0 Å². The summed E-state index contributed by atoms with van der Waals surface area (Å²) in [6, 6.07) is 12.7. The number of rotatable bonds is 4. The normalized spacial score (nSPS) is 14.8. The number of benzene rings is 1. The highest BCUT2D eigenvalue weighted by atomic mass is 32.2. The van der Waals surface area contributed by atoms with Crippen LogP contribution >= 0.6 is 0 Å². The van der Waals surface area contributed by atoms with Gasteiger partial charge in [-0.05, 0) is 49.6 Å². The Morgan fingerprint density at radius 2 is 2.00 bits per heavy atom. The molecule has 130 valence electrons. The number of pyridine rings is 1. The molecule has 1 atom stereocenters. The summed E-state index contributed by atoms with van der Waals surface area (Å²) >= 11 is 0. The van der Waals surface area contributed by atoms with Gasteiger partial charge in [0.25, 0.3) is 5.56 Å². The Kier molecular flexibility index (Phi) is 4.05. The van der Waals surface area contributed by atoms with E-state index in [0.29, 0.717) is 22.2 Å². The fourth-order valence-electron chi connectivity index (χ4n) is 2.89. The van der Waals surface area contributed by atoms with Gasteiger partial charge in [0.05, 0.1) is 17.2 Å². The molecule has 4 rings (SSSR count). The van der Waals surface area contributed by atoms with Gasteiger partial charge in [-0.15, -0.1) is 0 Å². The van der Waals surface area contributed by atoms with Crippen LogP contribution in [0.4, 0.5) is 0 Å². The lowest BCUT2D eigenvalue weighted by molar-refractivity contribution is 0.804. The number of hydrogen-bond acceptors (Lipinski definition) is 4. The van der Waals surface area contributed by atoms with Crippen molar-refractivity contribution in [2.75, 3.05) is 0 Å². The van der Waals surface area contributed by atoms with Crippen molar-refractivity contribution >= 4 is 10.7 Å². The largest absolute Gasteiger partial charge is 0.293 e. The molecule has 0 radical (unpaired) electrons. The predicted octanol–water partition coefficient (Wildman–Crippen LogP) is 3.31. The van der Waals surface area contributed by atoms with Crippen LogP contribution in [0.1, 0.15) is 24.1 Å². The Morgan fingerprint density at radius 3 is 2.58 bits per heavy atom. The SMILES string of the molecule is Cc1[nH]n(-c2ccc([S@](=N)C3CC3)cn2)c(=O)c1-c1ccc(C#N)cc1. The average molecular weight is 363 g/mol. The molecule has 1 saturated carbocycles. The second-order valence-electron chi connectivity index (χ2n) is 6.33. The van der Waals surface area contributed by atoms with Crippen molar-refractivity contribution in [3.63, 3.8) is 0 Å². The minimum absolute atomic E-state index is 0.181. The first-order valence-corrected chi connectivity index (χ1v) is 9.60. The van der Waals surface area contributed by atoms with E-state index in [1.807, 2.05) is 13.0 Å². The molecule has 1 aromatic carbocycles. The van der Waals surface area contributed by atoms with Gasteiger partial charge in [0.2, 0.25) is 0 Å². The van der Waals surface area contributed by atoms with Crippen molar-refractivity contribution in [3.05, 3.63) is 64.2 Å². The standard InChI is InChI=1S/C19H17N5OS/c1-12-18(14-4-2-13(10-20)3-5-14)19(25)24(23-12)17-9-8-16(11-22-17)26(21)15-6-7-15/h2-5,8-9,11,15,21,23H,6-7H2,1H3/t26-/m1/s1. The number of hydrogen-bond donors (Lipinski definition) is 2. The Morgan fingerprint density at radius 1 is 1.27 bits per heavy atom. The third-order valence-electron chi connectivity index (χ3n) is 4.44. The zero-order valence-corrected chi connectivity index (χ0v) is 15.0. The summed E-state index contributed by atoms with van der Waals surface area (Å²) in [5, 5.41) is 12.5. The monoisotopic (exact) mass is 363 g/mol. The van der Waals surface area contributed by atoms with E-state index in [9.17, 15) is 4.79 Å². The highest BCUT2D eigenvalue weighted by molar-refractivity contribution is 7.87. The zero-order chi connectivity index (χ0) is 18.3. The van der Waals surface area contributed by atoms with Gasteiger partial charge >= 0.3 is 0 Å². The number of nitrogens with zero attached hydrogens (tertiary/aromatic N) is 3. The molecule has 1 aliphatic rings. The molecular weight excluding hydrogens is 346 g/mol. The van der Waals surface area contributed by atoms with Gasteiger partial charge in [0.1, 0.15) is 0 Å². The maximum absolute atomic E-state index is 12.9. The molecule has 0 bridgehead atoms. The molecule has 2 N–H and O–H groups in total. The van der Waals surface area contributed by atoms with Crippen LogP contribution in [0.3, 0.4) is 0 Å². The van der Waals surface area contributed by atoms with Gasteiger partial charge in [0.15, 0.2) is 5.82 Å². The van der Waals surface area contributed by atoms with Gasteiger partial charge in [-0.1, -0.05) is 22.8 Å². The van der Waals surface area contributed by atoms with Crippen molar-refractivity contribution in [2.45, 2.75) is 29.9 Å². The first kappa shape index (κ1) is 16.5. The molecule has 2 heterocycles. The lowest BCUT2D eigenvalue weighted by Crippen LogP contribution is -2.17. The minimum atomic E-state index is -0.513. The highest BCUT2D eigenvalue weighted by Crippen LogP contribution is 2.30. The van der Waals surface area contributed by atoms with Crippen LogP contribution in [0, 0.1) is 23.0 Å². The molecule has 0 saturated heterocycles. The molecule has 7 heteroatoms. The lowest BCUT2D eigenvalue weighted by Gasteiger charge is -2.05. The topological polar surface area (TPSA) is 98.3 Å². The average Bonchev–Trinajstić information content (AvgIpc) is 3.47. The van der Waals surface area contributed by atoms with E-state index in [1.54, 1.807) is 36.5 Å². The number of aromatic amines is 1. The molecule has 1 aliphatic carbocycles.